The Morgan fingerprint density at radius 3 is 2.78 bits per heavy atom. The Balaban J connectivity index is 1.84. The fourth-order valence-electron chi connectivity index (χ4n) is 2.54. The summed E-state index contributed by atoms with van der Waals surface area (Å²) in [5.74, 6) is 0.692. The molecule has 0 radical (unpaired) electrons. The largest absolute Gasteiger partial charge is 0.314 e. The maximum absolute atomic E-state index is 4.62. The molecule has 1 unspecified atom stereocenters. The number of hydrogen-bond donors (Lipinski definition) is 1. The van der Waals surface area contributed by atoms with Gasteiger partial charge >= 0.3 is 0 Å². The number of nitrogens with one attached hydrogen (secondary N) is 1. The Labute approximate surface area is 111 Å². The van der Waals surface area contributed by atoms with E-state index in [1.54, 1.807) is 0 Å². The van der Waals surface area contributed by atoms with E-state index in [4.69, 9.17) is 0 Å². The summed E-state index contributed by atoms with van der Waals surface area (Å²) in [6.45, 7) is 8.81. The van der Waals surface area contributed by atoms with Crippen LogP contribution in [0.2, 0.25) is 0 Å². The Hall–Kier alpha value is -0.830. The number of aryl methyl sites for hydroxylation is 2. The topological polar surface area (TPSA) is 29.9 Å². The quantitative estimate of drug-likeness (QED) is 0.805. The third kappa shape index (κ3) is 3.35. The van der Waals surface area contributed by atoms with Gasteiger partial charge in [0.2, 0.25) is 0 Å². The molecule has 3 heteroatoms. The fraction of sp³-hybridized carbons (Fsp3) is 0.800. The van der Waals surface area contributed by atoms with Crippen LogP contribution in [-0.4, -0.2) is 22.4 Å². The van der Waals surface area contributed by atoms with Gasteiger partial charge in [-0.25, -0.2) is 0 Å². The van der Waals surface area contributed by atoms with Gasteiger partial charge in [0.1, 0.15) is 0 Å². The molecule has 0 bridgehead atoms. The van der Waals surface area contributed by atoms with Crippen molar-refractivity contribution in [3.8, 4) is 0 Å². The highest BCUT2D eigenvalue weighted by Gasteiger charge is 2.18. The molecule has 1 fully saturated rings. The third-order valence-corrected chi connectivity index (χ3v) is 3.99. The standard InChI is InChI=1S/C15H27N3/c1-4-13-10-15(18(5-2)17-13)9-12(3)11-16-14-7-6-8-14/h10,12,14,16H,4-9,11H2,1-3H3. The second kappa shape index (κ2) is 6.37. The van der Waals surface area contributed by atoms with E-state index in [1.165, 1.54) is 30.7 Å². The van der Waals surface area contributed by atoms with Crippen LogP contribution in [0.1, 0.15) is 51.4 Å². The van der Waals surface area contributed by atoms with Gasteiger partial charge in [0, 0.05) is 18.3 Å². The Bertz CT molecular complexity index is 366. The van der Waals surface area contributed by atoms with Crippen LogP contribution >= 0.6 is 0 Å². The predicted molar refractivity (Wildman–Crippen MR) is 75.8 cm³/mol. The zero-order chi connectivity index (χ0) is 13.0. The number of aromatic nitrogens is 2. The zero-order valence-corrected chi connectivity index (χ0v) is 12.1. The van der Waals surface area contributed by atoms with Crippen molar-refractivity contribution in [2.45, 2.75) is 65.5 Å². The van der Waals surface area contributed by atoms with Crippen LogP contribution in [-0.2, 0) is 19.4 Å². The first-order valence-electron chi connectivity index (χ1n) is 7.51. The van der Waals surface area contributed by atoms with Gasteiger partial charge < -0.3 is 5.32 Å². The van der Waals surface area contributed by atoms with Crippen molar-refractivity contribution in [1.82, 2.24) is 15.1 Å². The Morgan fingerprint density at radius 1 is 1.44 bits per heavy atom. The average Bonchev–Trinajstić information content (AvgIpc) is 2.69. The smallest absolute Gasteiger partial charge is 0.0624 e. The predicted octanol–water partition coefficient (Wildman–Crippen LogP) is 2.79. The van der Waals surface area contributed by atoms with E-state index in [9.17, 15) is 0 Å². The summed E-state index contributed by atoms with van der Waals surface area (Å²) in [6, 6.07) is 3.08. The minimum atomic E-state index is 0.692. The van der Waals surface area contributed by atoms with Crippen molar-refractivity contribution in [3.05, 3.63) is 17.5 Å². The normalized spacial score (nSPS) is 17.7. The molecule has 102 valence electrons. The molecule has 1 aromatic heterocycles. The summed E-state index contributed by atoms with van der Waals surface area (Å²) >= 11 is 0. The highest BCUT2D eigenvalue weighted by molar-refractivity contribution is 5.11. The molecule has 18 heavy (non-hydrogen) atoms. The van der Waals surface area contributed by atoms with Gasteiger partial charge in [0.15, 0.2) is 0 Å². The van der Waals surface area contributed by atoms with Crippen molar-refractivity contribution >= 4 is 0 Å². The van der Waals surface area contributed by atoms with Gasteiger partial charge in [-0.3, -0.25) is 4.68 Å². The summed E-state index contributed by atoms with van der Waals surface area (Å²) in [5.41, 5.74) is 2.63. The lowest BCUT2D eigenvalue weighted by Crippen LogP contribution is -2.38. The van der Waals surface area contributed by atoms with Crippen LogP contribution in [0.3, 0.4) is 0 Å². The van der Waals surface area contributed by atoms with Crippen molar-refractivity contribution in [2.75, 3.05) is 6.54 Å². The summed E-state index contributed by atoms with van der Waals surface area (Å²) in [4.78, 5) is 0. The molecule has 1 saturated carbocycles. The molecule has 3 nitrogen and oxygen atoms in total. The lowest BCUT2D eigenvalue weighted by molar-refractivity contribution is 0.319. The number of hydrogen-bond acceptors (Lipinski definition) is 2. The zero-order valence-electron chi connectivity index (χ0n) is 12.1. The molecule has 1 N–H and O–H groups in total. The van der Waals surface area contributed by atoms with Gasteiger partial charge in [-0.1, -0.05) is 20.3 Å². The minimum absolute atomic E-state index is 0.692. The van der Waals surface area contributed by atoms with Crippen LogP contribution in [0.4, 0.5) is 0 Å². The van der Waals surface area contributed by atoms with Gasteiger partial charge in [-0.05, 0) is 51.1 Å². The van der Waals surface area contributed by atoms with Crippen molar-refractivity contribution in [1.29, 1.82) is 0 Å². The third-order valence-electron chi connectivity index (χ3n) is 3.99. The summed E-state index contributed by atoms with van der Waals surface area (Å²) < 4.78 is 2.17. The van der Waals surface area contributed by atoms with Gasteiger partial charge in [0.25, 0.3) is 0 Å². The first-order valence-corrected chi connectivity index (χ1v) is 7.51. The fourth-order valence-corrected chi connectivity index (χ4v) is 2.54. The SMILES string of the molecule is CCc1cc(CC(C)CNC2CCC2)n(CC)n1. The molecule has 1 aromatic rings. The molecule has 0 amide bonds. The summed E-state index contributed by atoms with van der Waals surface area (Å²) in [7, 11) is 0. The first-order chi connectivity index (χ1) is 8.72. The molecule has 0 aromatic carbocycles. The van der Waals surface area contributed by atoms with Crippen molar-refractivity contribution in [2.24, 2.45) is 5.92 Å². The monoisotopic (exact) mass is 249 g/mol. The number of rotatable bonds is 7. The van der Waals surface area contributed by atoms with Crippen LogP contribution in [0.5, 0.6) is 0 Å². The number of nitrogens with zero attached hydrogens (tertiary/aromatic N) is 2. The summed E-state index contributed by atoms with van der Waals surface area (Å²) in [5, 5.41) is 8.29. The molecule has 1 heterocycles. The van der Waals surface area contributed by atoms with Crippen LogP contribution < -0.4 is 5.32 Å². The molecule has 1 aliphatic rings. The van der Waals surface area contributed by atoms with E-state index in [1.807, 2.05) is 0 Å². The van der Waals surface area contributed by atoms with E-state index in [0.29, 0.717) is 5.92 Å². The van der Waals surface area contributed by atoms with Gasteiger partial charge in [-0.15, -0.1) is 0 Å². The molecule has 0 saturated heterocycles. The van der Waals surface area contributed by atoms with E-state index in [-0.39, 0.29) is 0 Å². The molecule has 0 aliphatic heterocycles. The van der Waals surface area contributed by atoms with E-state index >= 15 is 0 Å². The van der Waals surface area contributed by atoms with E-state index < -0.39 is 0 Å². The maximum atomic E-state index is 4.62. The lowest BCUT2D eigenvalue weighted by Gasteiger charge is -2.28. The minimum Gasteiger partial charge on any atom is -0.314 e. The molecular weight excluding hydrogens is 222 g/mol. The molecular formula is C15H27N3. The van der Waals surface area contributed by atoms with Crippen molar-refractivity contribution < 1.29 is 0 Å². The van der Waals surface area contributed by atoms with Crippen LogP contribution in [0.15, 0.2) is 6.07 Å². The maximum Gasteiger partial charge on any atom is 0.0624 e. The van der Waals surface area contributed by atoms with Crippen LogP contribution in [0.25, 0.3) is 0 Å². The molecule has 2 rings (SSSR count). The Morgan fingerprint density at radius 2 is 2.22 bits per heavy atom. The lowest BCUT2D eigenvalue weighted by atomic mass is 9.92. The second-order valence-electron chi connectivity index (χ2n) is 5.64. The van der Waals surface area contributed by atoms with Gasteiger partial charge in [0.05, 0.1) is 5.69 Å². The average molecular weight is 249 g/mol. The molecule has 1 atom stereocenters. The Kier molecular flexibility index (Phi) is 4.81. The highest BCUT2D eigenvalue weighted by Crippen LogP contribution is 2.18. The second-order valence-corrected chi connectivity index (χ2v) is 5.64. The van der Waals surface area contributed by atoms with Crippen LogP contribution in [0, 0.1) is 5.92 Å². The van der Waals surface area contributed by atoms with E-state index in [0.717, 1.165) is 32.0 Å². The molecule has 1 aliphatic carbocycles. The highest BCUT2D eigenvalue weighted by atomic mass is 15.3. The molecule has 0 spiro atoms. The van der Waals surface area contributed by atoms with Crippen molar-refractivity contribution in [3.63, 3.8) is 0 Å². The first kappa shape index (κ1) is 13.6. The summed E-state index contributed by atoms with van der Waals surface area (Å²) in [6.07, 6.45) is 6.34. The van der Waals surface area contributed by atoms with Gasteiger partial charge in [-0.2, -0.15) is 5.10 Å². The van der Waals surface area contributed by atoms with E-state index in [2.05, 4.69) is 41.9 Å².